The number of nitrogens with zero attached hydrogens (tertiary/aromatic N) is 6. The minimum absolute atomic E-state index is 0. The Morgan fingerprint density at radius 3 is 2.33 bits per heavy atom. The molecule has 0 amide bonds. The minimum Gasteiger partial charge on any atom is -0.349 e. The molecule has 6 nitrogen and oxygen atoms in total. The molecule has 0 aromatic carbocycles. The fourth-order valence-electron chi connectivity index (χ4n) is 3.25. The van der Waals surface area contributed by atoms with Gasteiger partial charge in [0.15, 0.2) is 11.1 Å². The number of aliphatic imine (C=N–C) groups is 1. The molecule has 1 aromatic heterocycles. The van der Waals surface area contributed by atoms with Gasteiger partial charge in [0.25, 0.3) is 0 Å². The van der Waals surface area contributed by atoms with Crippen molar-refractivity contribution in [3.05, 3.63) is 5.82 Å². The molecule has 1 heterocycles. The smallest absolute Gasteiger partial charge is 0.195 e. The van der Waals surface area contributed by atoms with E-state index in [0.717, 1.165) is 36.3 Å². The van der Waals surface area contributed by atoms with Crippen LogP contribution in [0.2, 0.25) is 0 Å². The van der Waals surface area contributed by atoms with E-state index in [1.807, 2.05) is 38.0 Å². The van der Waals surface area contributed by atoms with Gasteiger partial charge in [-0.1, -0.05) is 24.6 Å². The topological polar surface area (TPSA) is 49.6 Å². The average molecular weight is 466 g/mol. The summed E-state index contributed by atoms with van der Waals surface area (Å²) in [5, 5.41) is 9.88. The van der Waals surface area contributed by atoms with Gasteiger partial charge in [-0.05, 0) is 25.5 Å². The van der Waals surface area contributed by atoms with Gasteiger partial charge in [-0.2, -0.15) is 0 Å². The maximum absolute atomic E-state index is 4.70. The summed E-state index contributed by atoms with van der Waals surface area (Å²) in [6, 6.07) is 0.602. The van der Waals surface area contributed by atoms with E-state index in [1.54, 1.807) is 11.8 Å². The van der Waals surface area contributed by atoms with Gasteiger partial charge in [0.05, 0.1) is 0 Å². The summed E-state index contributed by atoms with van der Waals surface area (Å²) >= 11 is 1.70. The van der Waals surface area contributed by atoms with Gasteiger partial charge < -0.3 is 14.4 Å². The highest BCUT2D eigenvalue weighted by atomic mass is 127. The molecule has 1 saturated carbocycles. The van der Waals surface area contributed by atoms with Crippen LogP contribution in [0.15, 0.2) is 10.1 Å². The van der Waals surface area contributed by atoms with Crippen molar-refractivity contribution in [2.75, 3.05) is 41.0 Å². The summed E-state index contributed by atoms with van der Waals surface area (Å²) < 4.78 is 2.39. The van der Waals surface area contributed by atoms with E-state index in [0.29, 0.717) is 6.04 Å². The molecule has 0 saturated heterocycles. The molecule has 0 aliphatic heterocycles. The second kappa shape index (κ2) is 10.5. The van der Waals surface area contributed by atoms with E-state index < -0.39 is 0 Å². The van der Waals surface area contributed by atoms with Gasteiger partial charge in [0, 0.05) is 47.2 Å². The van der Waals surface area contributed by atoms with Crippen LogP contribution < -0.4 is 0 Å². The molecule has 1 aromatic rings. The van der Waals surface area contributed by atoms with Crippen LogP contribution in [-0.2, 0) is 6.42 Å². The highest BCUT2D eigenvalue weighted by molar-refractivity contribution is 14.0. The number of rotatable bonds is 6. The summed E-state index contributed by atoms with van der Waals surface area (Å²) in [7, 11) is 8.11. The fraction of sp³-hybridized carbons (Fsp3) is 0.812. The number of aryl methyl sites for hydroxylation is 1. The summed E-state index contributed by atoms with van der Waals surface area (Å²) in [4.78, 5) is 8.79. The molecule has 0 radical (unpaired) electrons. The van der Waals surface area contributed by atoms with Crippen LogP contribution in [0.1, 0.15) is 44.0 Å². The van der Waals surface area contributed by atoms with E-state index in [-0.39, 0.29) is 24.0 Å². The largest absolute Gasteiger partial charge is 0.349 e. The molecule has 24 heavy (non-hydrogen) atoms. The monoisotopic (exact) mass is 466 g/mol. The zero-order chi connectivity index (χ0) is 16.8. The van der Waals surface area contributed by atoms with Gasteiger partial charge in [0.1, 0.15) is 5.82 Å². The van der Waals surface area contributed by atoms with Crippen LogP contribution >= 0.6 is 35.7 Å². The van der Waals surface area contributed by atoms with Crippen LogP contribution in [0.4, 0.5) is 0 Å². The maximum atomic E-state index is 4.70. The van der Waals surface area contributed by atoms with Gasteiger partial charge in [-0.25, -0.2) is 0 Å². The Hall–Kier alpha value is -0.510. The van der Waals surface area contributed by atoms with Crippen molar-refractivity contribution < 1.29 is 0 Å². The van der Waals surface area contributed by atoms with E-state index in [9.17, 15) is 0 Å². The molecule has 0 N–H and O–H groups in total. The Bertz CT molecular complexity index is 513. The lowest BCUT2D eigenvalue weighted by Gasteiger charge is -2.22. The Kier molecular flexibility index (Phi) is 9.40. The zero-order valence-electron chi connectivity index (χ0n) is 15.5. The summed E-state index contributed by atoms with van der Waals surface area (Å²) in [6.45, 7) is 0.817. The van der Waals surface area contributed by atoms with Crippen molar-refractivity contribution in [3.8, 4) is 0 Å². The van der Waals surface area contributed by atoms with Crippen molar-refractivity contribution in [1.82, 2.24) is 24.6 Å². The molecular weight excluding hydrogens is 435 g/mol. The van der Waals surface area contributed by atoms with Crippen molar-refractivity contribution in [3.63, 3.8) is 0 Å². The number of halogens is 1. The molecule has 0 atom stereocenters. The lowest BCUT2D eigenvalue weighted by molar-refractivity contribution is 0.459. The molecule has 1 aliphatic carbocycles. The minimum atomic E-state index is 0. The lowest BCUT2D eigenvalue weighted by Crippen LogP contribution is -2.35. The first-order valence-electron chi connectivity index (χ1n) is 8.41. The second-order valence-electron chi connectivity index (χ2n) is 6.49. The Morgan fingerprint density at radius 2 is 1.79 bits per heavy atom. The number of guanidine groups is 1. The first-order chi connectivity index (χ1) is 11.0. The Balaban J connectivity index is 0.00000288. The lowest BCUT2D eigenvalue weighted by atomic mass is 10.2. The normalized spacial score (nSPS) is 14.4. The number of hydrogen-bond donors (Lipinski definition) is 0. The van der Waals surface area contributed by atoms with Crippen LogP contribution in [-0.4, -0.2) is 71.5 Å². The molecule has 2 rings (SSSR count). The molecule has 8 heteroatoms. The third-order valence-electron chi connectivity index (χ3n) is 4.22. The second-order valence-corrected chi connectivity index (χ2v) is 7.26. The van der Waals surface area contributed by atoms with Gasteiger partial charge in [0.2, 0.25) is 0 Å². The van der Waals surface area contributed by atoms with E-state index in [4.69, 9.17) is 4.99 Å². The summed E-state index contributed by atoms with van der Waals surface area (Å²) in [5.41, 5.74) is 0. The molecule has 0 bridgehead atoms. The summed E-state index contributed by atoms with van der Waals surface area (Å²) in [5.74, 6) is 2.14. The highest BCUT2D eigenvalue weighted by Crippen LogP contribution is 2.33. The van der Waals surface area contributed by atoms with Gasteiger partial charge >= 0.3 is 0 Å². The molecule has 138 valence electrons. The van der Waals surface area contributed by atoms with Crippen LogP contribution in [0.5, 0.6) is 0 Å². The quantitative estimate of drug-likeness (QED) is 0.212. The first kappa shape index (κ1) is 21.5. The van der Waals surface area contributed by atoms with Crippen LogP contribution in [0.25, 0.3) is 0 Å². The van der Waals surface area contributed by atoms with Crippen molar-refractivity contribution in [2.45, 2.75) is 49.7 Å². The summed E-state index contributed by atoms with van der Waals surface area (Å²) in [6.07, 6.45) is 9.23. The first-order valence-corrected chi connectivity index (χ1v) is 9.64. The molecule has 0 spiro atoms. The standard InChI is InChI=1S/C16H30N6S.HI/c1-20(2)15(21(3)4)17-12-8-11-14-18-19-16(23-5)22(14)13-9-6-7-10-13;/h13H,6-12H2,1-5H3;1H. The van der Waals surface area contributed by atoms with Crippen LogP contribution in [0.3, 0.4) is 0 Å². The third kappa shape index (κ3) is 5.50. The highest BCUT2D eigenvalue weighted by Gasteiger charge is 2.23. The number of thioether (sulfide) groups is 1. The number of hydrogen-bond acceptors (Lipinski definition) is 4. The maximum Gasteiger partial charge on any atom is 0.195 e. The van der Waals surface area contributed by atoms with Crippen molar-refractivity contribution in [1.29, 1.82) is 0 Å². The van der Waals surface area contributed by atoms with E-state index >= 15 is 0 Å². The molecular formula is C16H31IN6S. The molecule has 0 unspecified atom stereocenters. The zero-order valence-corrected chi connectivity index (χ0v) is 18.7. The predicted octanol–water partition coefficient (Wildman–Crippen LogP) is 3.14. The van der Waals surface area contributed by atoms with Crippen LogP contribution in [0, 0.1) is 0 Å². The van der Waals surface area contributed by atoms with Gasteiger partial charge in [-0.3, -0.25) is 4.99 Å². The SMILES string of the molecule is CSc1nnc(CCCN=C(N(C)C)N(C)C)n1C1CCCC1.I. The molecule has 1 fully saturated rings. The van der Waals surface area contributed by atoms with Gasteiger partial charge in [-0.15, -0.1) is 34.2 Å². The average Bonchev–Trinajstić information content (AvgIpc) is 3.14. The Morgan fingerprint density at radius 1 is 1.17 bits per heavy atom. The van der Waals surface area contributed by atoms with E-state index in [1.165, 1.54) is 25.7 Å². The predicted molar refractivity (Wildman–Crippen MR) is 113 cm³/mol. The Labute approximate surface area is 167 Å². The van der Waals surface area contributed by atoms with Crippen molar-refractivity contribution >= 4 is 41.7 Å². The number of aromatic nitrogens is 3. The molecule has 1 aliphatic rings. The third-order valence-corrected chi connectivity index (χ3v) is 4.86. The van der Waals surface area contributed by atoms with Crippen molar-refractivity contribution in [2.24, 2.45) is 4.99 Å². The fourth-order valence-corrected chi connectivity index (χ4v) is 3.82. The van der Waals surface area contributed by atoms with E-state index in [2.05, 4.69) is 21.0 Å².